The Morgan fingerprint density at radius 2 is 1.51 bits per heavy atom. The molecule has 0 spiro atoms. The molecule has 260 valence electrons. The fourth-order valence-corrected chi connectivity index (χ4v) is 13.1. The molecule has 0 radical (unpaired) electrons. The van der Waals surface area contributed by atoms with Gasteiger partial charge in [0, 0.05) is 31.7 Å². The first-order valence-corrected chi connectivity index (χ1v) is 21.2. The van der Waals surface area contributed by atoms with Crippen molar-refractivity contribution in [3.63, 3.8) is 0 Å². The van der Waals surface area contributed by atoms with Gasteiger partial charge in [0.15, 0.2) is 8.32 Å². The molecule has 0 saturated carbocycles. The number of pyridine rings is 1. The van der Waals surface area contributed by atoms with Crippen LogP contribution in [0.15, 0.2) is 54.7 Å². The van der Waals surface area contributed by atoms with Crippen LogP contribution in [0.25, 0.3) is 11.1 Å². The quantitative estimate of drug-likeness (QED) is 0.0920. The van der Waals surface area contributed by atoms with Crippen LogP contribution in [0.4, 0.5) is 0 Å². The van der Waals surface area contributed by atoms with Crippen LogP contribution in [-0.2, 0) is 25.6 Å². The number of aryl methyl sites for hydroxylation is 2. The van der Waals surface area contributed by atoms with Gasteiger partial charge in [-0.2, -0.15) is 0 Å². The van der Waals surface area contributed by atoms with Crippen LogP contribution in [0.3, 0.4) is 0 Å². The van der Waals surface area contributed by atoms with Crippen LogP contribution in [0.2, 0.25) is 16.6 Å². The second-order valence-corrected chi connectivity index (χ2v) is 21.3. The van der Waals surface area contributed by atoms with E-state index in [1.54, 1.807) is 0 Å². The molecule has 9 heteroatoms. The lowest BCUT2D eigenvalue weighted by atomic mass is 9.94. The molecule has 3 rings (SSSR count). The van der Waals surface area contributed by atoms with Gasteiger partial charge in [-0.25, -0.2) is 13.4 Å². The summed E-state index contributed by atoms with van der Waals surface area (Å²) in [5.41, 5.74) is 8.17. The second kappa shape index (κ2) is 17.6. The Labute approximate surface area is 285 Å². The van der Waals surface area contributed by atoms with E-state index in [1.807, 2.05) is 37.4 Å². The monoisotopic (exact) mass is 683 g/mol. The molecule has 1 aromatic heterocycles. The van der Waals surface area contributed by atoms with E-state index >= 15 is 0 Å². The van der Waals surface area contributed by atoms with Gasteiger partial charge in [-0.3, -0.25) is 0 Å². The van der Waals surface area contributed by atoms with E-state index < -0.39 is 18.2 Å². The van der Waals surface area contributed by atoms with Gasteiger partial charge in [0.05, 0.1) is 18.5 Å². The molecule has 0 aliphatic heterocycles. The predicted molar refractivity (Wildman–Crippen MR) is 196 cm³/mol. The molecule has 0 N–H and O–H groups in total. The SMILES string of the molecule is CCO[C@@H](CCO[Si](C(C)C)(C(C)C)C(C)C)c1ccc(OCc2cccc(-c3c(C)cc(OCCCS(C)(=O)=O)cc3C)c2)nc1. The zero-order chi connectivity index (χ0) is 34.8. The Hall–Kier alpha value is -2.72. The van der Waals surface area contributed by atoms with Gasteiger partial charge in [0.2, 0.25) is 5.88 Å². The Morgan fingerprint density at radius 3 is 2.06 bits per heavy atom. The van der Waals surface area contributed by atoms with Gasteiger partial charge in [-0.1, -0.05) is 59.7 Å². The number of sulfone groups is 1. The highest BCUT2D eigenvalue weighted by Crippen LogP contribution is 2.42. The third-order valence-corrected chi connectivity index (χ3v) is 16.1. The first-order chi connectivity index (χ1) is 22.2. The maximum Gasteiger partial charge on any atom is 0.213 e. The molecule has 7 nitrogen and oxygen atoms in total. The standard InChI is InChI=1S/C38H57NO6SSi/c1-11-42-36(18-20-45-47(27(2)3,28(4)5)29(6)7)34-16-17-37(39-25-34)44-26-32-14-12-15-33(24-32)38-30(8)22-35(23-31(38)9)43-19-13-21-46(10,40)41/h12,14-17,22-25,27-29,36H,11,13,18-21,26H2,1-10H3/t36-/m0/s1. The lowest BCUT2D eigenvalue weighted by molar-refractivity contribution is 0.0436. The summed E-state index contributed by atoms with van der Waals surface area (Å²) < 4.78 is 47.7. The summed E-state index contributed by atoms with van der Waals surface area (Å²) in [5.74, 6) is 1.45. The number of rotatable bonds is 19. The summed E-state index contributed by atoms with van der Waals surface area (Å²) >= 11 is 0. The lowest BCUT2D eigenvalue weighted by Gasteiger charge is -2.42. The topological polar surface area (TPSA) is 84.0 Å². The average Bonchev–Trinajstić information content (AvgIpc) is 2.99. The van der Waals surface area contributed by atoms with Crippen LogP contribution < -0.4 is 9.47 Å². The van der Waals surface area contributed by atoms with E-state index in [2.05, 4.69) is 84.6 Å². The molecule has 0 saturated heterocycles. The smallest absolute Gasteiger partial charge is 0.213 e. The summed E-state index contributed by atoms with van der Waals surface area (Å²) in [4.78, 5) is 4.62. The third kappa shape index (κ3) is 10.9. The summed E-state index contributed by atoms with van der Waals surface area (Å²) in [6.45, 7) is 22.1. The van der Waals surface area contributed by atoms with Crippen LogP contribution in [0.1, 0.15) is 89.7 Å². The van der Waals surface area contributed by atoms with Gasteiger partial charge in [0.25, 0.3) is 0 Å². The van der Waals surface area contributed by atoms with Gasteiger partial charge in [0.1, 0.15) is 22.2 Å². The molecule has 47 heavy (non-hydrogen) atoms. The molecule has 2 aromatic carbocycles. The second-order valence-electron chi connectivity index (χ2n) is 13.6. The molecule has 3 aromatic rings. The number of hydrogen-bond donors (Lipinski definition) is 0. The summed E-state index contributed by atoms with van der Waals surface area (Å²) in [5, 5.41) is 0. The number of benzene rings is 2. The summed E-state index contributed by atoms with van der Waals surface area (Å²) in [7, 11) is -4.92. The Kier molecular flexibility index (Phi) is 14.5. The average molecular weight is 684 g/mol. The van der Waals surface area contributed by atoms with Crippen molar-refractivity contribution in [1.29, 1.82) is 0 Å². The van der Waals surface area contributed by atoms with E-state index in [1.165, 1.54) is 6.26 Å². The Morgan fingerprint density at radius 1 is 0.851 bits per heavy atom. The van der Waals surface area contributed by atoms with Crippen molar-refractivity contribution < 1.29 is 27.1 Å². The summed E-state index contributed by atoms with van der Waals surface area (Å²) in [6.07, 6.45) is 4.29. The number of nitrogens with zero attached hydrogens (tertiary/aromatic N) is 1. The zero-order valence-electron chi connectivity index (χ0n) is 30.3. The normalized spacial score (nSPS) is 13.0. The minimum absolute atomic E-state index is 0.0767. The van der Waals surface area contributed by atoms with Gasteiger partial charge < -0.3 is 18.6 Å². The first-order valence-electron chi connectivity index (χ1n) is 17.0. The highest BCUT2D eigenvalue weighted by Gasteiger charge is 2.45. The van der Waals surface area contributed by atoms with E-state index in [-0.39, 0.29) is 11.9 Å². The van der Waals surface area contributed by atoms with Crippen molar-refractivity contribution in [3.05, 3.63) is 77.0 Å². The minimum Gasteiger partial charge on any atom is -0.494 e. The molecule has 0 aliphatic carbocycles. The molecule has 1 heterocycles. The molecule has 0 fully saturated rings. The van der Waals surface area contributed by atoms with E-state index in [0.29, 0.717) is 55.4 Å². The van der Waals surface area contributed by atoms with E-state index in [0.717, 1.165) is 45.6 Å². The van der Waals surface area contributed by atoms with Crippen LogP contribution >= 0.6 is 0 Å². The largest absolute Gasteiger partial charge is 0.494 e. The first kappa shape index (κ1) is 38.7. The summed E-state index contributed by atoms with van der Waals surface area (Å²) in [6, 6.07) is 16.3. The maximum absolute atomic E-state index is 11.4. The van der Waals surface area contributed by atoms with Crippen LogP contribution in [0.5, 0.6) is 11.6 Å². The maximum atomic E-state index is 11.4. The Balaban J connectivity index is 1.63. The van der Waals surface area contributed by atoms with Crippen molar-refractivity contribution in [2.24, 2.45) is 0 Å². The predicted octanol–water partition coefficient (Wildman–Crippen LogP) is 9.42. The molecule has 0 unspecified atom stereocenters. The molecule has 0 bridgehead atoms. The third-order valence-electron chi connectivity index (χ3n) is 8.97. The molecule has 1 atom stereocenters. The van der Waals surface area contributed by atoms with Gasteiger partial charge in [-0.05, 0) is 108 Å². The molecule has 0 aliphatic rings. The molecule has 0 amide bonds. The lowest BCUT2D eigenvalue weighted by Crippen LogP contribution is -2.48. The molecular weight excluding hydrogens is 627 g/mol. The zero-order valence-corrected chi connectivity index (χ0v) is 32.1. The van der Waals surface area contributed by atoms with E-state index in [4.69, 9.17) is 18.6 Å². The van der Waals surface area contributed by atoms with Crippen molar-refractivity contribution >= 4 is 18.2 Å². The van der Waals surface area contributed by atoms with Crippen molar-refractivity contribution in [3.8, 4) is 22.8 Å². The molecular formula is C38H57NO6SSi. The fourth-order valence-electron chi connectivity index (χ4n) is 7.01. The Bertz CT molecular complexity index is 1480. The fraction of sp³-hybridized carbons (Fsp3) is 0.553. The van der Waals surface area contributed by atoms with Gasteiger partial charge >= 0.3 is 0 Å². The highest BCUT2D eigenvalue weighted by molar-refractivity contribution is 7.90. The number of aromatic nitrogens is 1. The highest BCUT2D eigenvalue weighted by atomic mass is 32.2. The van der Waals surface area contributed by atoms with E-state index in [9.17, 15) is 8.42 Å². The van der Waals surface area contributed by atoms with Crippen LogP contribution in [-0.4, -0.2) is 53.5 Å². The number of ether oxygens (including phenoxy) is 3. The van der Waals surface area contributed by atoms with Crippen molar-refractivity contribution in [1.82, 2.24) is 4.98 Å². The number of hydrogen-bond acceptors (Lipinski definition) is 7. The minimum atomic E-state index is -2.99. The van der Waals surface area contributed by atoms with Crippen molar-refractivity contribution in [2.45, 2.75) is 104 Å². The van der Waals surface area contributed by atoms with Crippen LogP contribution in [0, 0.1) is 13.8 Å². The van der Waals surface area contributed by atoms with Gasteiger partial charge in [-0.15, -0.1) is 0 Å². The van der Waals surface area contributed by atoms with Crippen molar-refractivity contribution in [2.75, 3.05) is 31.8 Å².